The number of thioether (sulfide) groups is 1. The van der Waals surface area contributed by atoms with Crippen molar-refractivity contribution in [1.29, 1.82) is 0 Å². The third-order valence-electron chi connectivity index (χ3n) is 3.91. The number of hydrogen-bond acceptors (Lipinski definition) is 6. The smallest absolute Gasteiger partial charge is 0.293 e. The van der Waals surface area contributed by atoms with Gasteiger partial charge in [-0.05, 0) is 63.6 Å². The van der Waals surface area contributed by atoms with E-state index in [-0.39, 0.29) is 25.0 Å². The van der Waals surface area contributed by atoms with E-state index < -0.39 is 11.8 Å². The number of para-hydroxylation sites is 1. The van der Waals surface area contributed by atoms with Crippen LogP contribution in [0.5, 0.6) is 11.5 Å². The van der Waals surface area contributed by atoms with E-state index >= 15 is 0 Å². The van der Waals surface area contributed by atoms with Crippen LogP contribution in [0.1, 0.15) is 5.56 Å². The molecule has 30 heavy (non-hydrogen) atoms. The SMILES string of the molecule is NC(=O)COc1ccc(/C=C2\SC(=O)N(CCOc3ccccc3Cl)C2=O)cc1Br. The van der Waals surface area contributed by atoms with Gasteiger partial charge in [-0.25, -0.2) is 0 Å². The van der Waals surface area contributed by atoms with Crippen LogP contribution in [0.15, 0.2) is 51.8 Å². The summed E-state index contributed by atoms with van der Waals surface area (Å²) < 4.78 is 11.4. The summed E-state index contributed by atoms with van der Waals surface area (Å²) >= 11 is 10.2. The van der Waals surface area contributed by atoms with Gasteiger partial charge in [-0.2, -0.15) is 0 Å². The average molecular weight is 512 g/mol. The zero-order valence-electron chi connectivity index (χ0n) is 15.5. The Hall–Kier alpha value is -2.49. The zero-order chi connectivity index (χ0) is 21.7. The predicted molar refractivity (Wildman–Crippen MR) is 118 cm³/mol. The topological polar surface area (TPSA) is 98.9 Å². The van der Waals surface area contributed by atoms with Gasteiger partial charge in [0, 0.05) is 0 Å². The highest BCUT2D eigenvalue weighted by atomic mass is 79.9. The van der Waals surface area contributed by atoms with Gasteiger partial charge in [0.25, 0.3) is 17.1 Å². The van der Waals surface area contributed by atoms with E-state index in [4.69, 9.17) is 26.8 Å². The summed E-state index contributed by atoms with van der Waals surface area (Å²) in [5, 5.41) is 0.0925. The number of nitrogens with two attached hydrogens (primary N) is 1. The molecule has 0 radical (unpaired) electrons. The number of rotatable bonds is 8. The van der Waals surface area contributed by atoms with Crippen LogP contribution in [-0.4, -0.2) is 41.7 Å². The van der Waals surface area contributed by atoms with Crippen LogP contribution >= 0.6 is 39.3 Å². The van der Waals surface area contributed by atoms with Crippen molar-refractivity contribution in [3.63, 3.8) is 0 Å². The minimum atomic E-state index is -0.585. The second-order valence-electron chi connectivity index (χ2n) is 6.06. The molecule has 2 N–H and O–H groups in total. The van der Waals surface area contributed by atoms with Crippen LogP contribution < -0.4 is 15.2 Å². The molecule has 1 fully saturated rings. The Balaban J connectivity index is 1.63. The van der Waals surface area contributed by atoms with Gasteiger partial charge >= 0.3 is 0 Å². The molecular formula is C20H16BrClN2O5S. The van der Waals surface area contributed by atoms with Crippen LogP contribution in [0.4, 0.5) is 4.79 Å². The summed E-state index contributed by atoms with van der Waals surface area (Å²) in [4.78, 5) is 37.1. The molecule has 0 spiro atoms. The molecule has 0 aromatic heterocycles. The lowest BCUT2D eigenvalue weighted by molar-refractivity contribution is -0.123. The first-order valence-corrected chi connectivity index (χ1v) is 10.7. The standard InChI is InChI=1S/C20H16BrClN2O5S/c21-13-9-12(5-6-15(13)29-11-18(23)25)10-17-19(26)24(20(27)30-17)7-8-28-16-4-2-1-3-14(16)22/h1-6,9-10H,7-8,11H2,(H2,23,25)/b17-10-. The summed E-state index contributed by atoms with van der Waals surface area (Å²) in [5.74, 6) is -0.0444. The van der Waals surface area contributed by atoms with Crippen molar-refractivity contribution >= 4 is 62.4 Å². The van der Waals surface area contributed by atoms with Crippen molar-refractivity contribution in [3.05, 3.63) is 62.4 Å². The molecule has 0 unspecified atom stereocenters. The molecule has 1 aliphatic heterocycles. The zero-order valence-corrected chi connectivity index (χ0v) is 18.6. The summed E-state index contributed by atoms with van der Waals surface area (Å²) in [5.41, 5.74) is 5.75. The Morgan fingerprint density at radius 3 is 2.63 bits per heavy atom. The third kappa shape index (κ3) is 5.56. The number of halogens is 2. The quantitative estimate of drug-likeness (QED) is 0.536. The molecule has 1 aliphatic rings. The molecule has 1 saturated heterocycles. The molecule has 3 amide bonds. The molecule has 0 bridgehead atoms. The maximum atomic E-state index is 12.6. The lowest BCUT2D eigenvalue weighted by Gasteiger charge is -2.13. The van der Waals surface area contributed by atoms with Crippen molar-refractivity contribution in [1.82, 2.24) is 4.90 Å². The van der Waals surface area contributed by atoms with E-state index in [1.807, 2.05) is 0 Å². The Kier molecular flexibility index (Phi) is 7.41. The molecular weight excluding hydrogens is 496 g/mol. The number of nitrogens with zero attached hydrogens (tertiary/aromatic N) is 1. The Morgan fingerprint density at radius 2 is 1.93 bits per heavy atom. The van der Waals surface area contributed by atoms with Gasteiger partial charge in [-0.3, -0.25) is 19.3 Å². The fraction of sp³-hybridized carbons (Fsp3) is 0.150. The van der Waals surface area contributed by atoms with Crippen LogP contribution in [-0.2, 0) is 9.59 Å². The third-order valence-corrected chi connectivity index (χ3v) is 5.75. The lowest BCUT2D eigenvalue weighted by atomic mass is 10.2. The van der Waals surface area contributed by atoms with Gasteiger partial charge in [-0.15, -0.1) is 0 Å². The molecule has 0 atom stereocenters. The molecule has 10 heteroatoms. The molecule has 156 valence electrons. The number of carbonyl (C=O) groups excluding carboxylic acids is 3. The number of imide groups is 1. The second kappa shape index (κ2) is 10.0. The van der Waals surface area contributed by atoms with Crippen LogP contribution in [0.25, 0.3) is 6.08 Å². The van der Waals surface area contributed by atoms with Crippen molar-refractivity contribution in [2.45, 2.75) is 0 Å². The van der Waals surface area contributed by atoms with Gasteiger partial charge in [0.2, 0.25) is 0 Å². The summed E-state index contributed by atoms with van der Waals surface area (Å²) in [7, 11) is 0. The monoisotopic (exact) mass is 510 g/mol. The highest BCUT2D eigenvalue weighted by Gasteiger charge is 2.34. The van der Waals surface area contributed by atoms with E-state index in [1.165, 1.54) is 0 Å². The Labute approximate surface area is 190 Å². The summed E-state index contributed by atoms with van der Waals surface area (Å²) in [6, 6.07) is 12.0. The first-order valence-electron chi connectivity index (χ1n) is 8.68. The van der Waals surface area contributed by atoms with Crippen LogP contribution in [0.2, 0.25) is 5.02 Å². The highest BCUT2D eigenvalue weighted by molar-refractivity contribution is 9.10. The minimum Gasteiger partial charge on any atom is -0.490 e. The number of hydrogen-bond donors (Lipinski definition) is 1. The Morgan fingerprint density at radius 1 is 1.17 bits per heavy atom. The number of carbonyl (C=O) groups is 3. The summed E-state index contributed by atoms with van der Waals surface area (Å²) in [6.45, 7) is -0.00355. The first kappa shape index (κ1) is 22.2. The van der Waals surface area contributed by atoms with Crippen molar-refractivity contribution in [2.24, 2.45) is 5.73 Å². The second-order valence-corrected chi connectivity index (χ2v) is 8.31. The Bertz CT molecular complexity index is 1030. The fourth-order valence-corrected chi connectivity index (χ4v) is 4.09. The van der Waals surface area contributed by atoms with Gasteiger partial charge in [0.05, 0.1) is 20.9 Å². The normalized spacial score (nSPS) is 15.0. The molecule has 1 heterocycles. The maximum Gasteiger partial charge on any atom is 0.293 e. The largest absolute Gasteiger partial charge is 0.490 e. The number of benzene rings is 2. The molecule has 3 rings (SSSR count). The highest BCUT2D eigenvalue weighted by Crippen LogP contribution is 2.34. The van der Waals surface area contributed by atoms with Gasteiger partial charge in [0.1, 0.15) is 18.1 Å². The molecule has 2 aromatic rings. The molecule has 2 aromatic carbocycles. The van der Waals surface area contributed by atoms with Crippen molar-refractivity contribution in [2.75, 3.05) is 19.8 Å². The molecule has 0 saturated carbocycles. The molecule has 7 nitrogen and oxygen atoms in total. The van der Waals surface area contributed by atoms with Crippen molar-refractivity contribution in [3.8, 4) is 11.5 Å². The van der Waals surface area contributed by atoms with E-state index in [0.29, 0.717) is 31.5 Å². The maximum absolute atomic E-state index is 12.6. The van der Waals surface area contributed by atoms with Crippen LogP contribution in [0.3, 0.4) is 0 Å². The van der Waals surface area contributed by atoms with Crippen LogP contribution in [0, 0.1) is 0 Å². The number of amides is 3. The van der Waals surface area contributed by atoms with Gasteiger partial charge in [0.15, 0.2) is 6.61 Å². The lowest BCUT2D eigenvalue weighted by Crippen LogP contribution is -2.32. The average Bonchev–Trinajstić information content (AvgIpc) is 2.96. The first-order chi connectivity index (χ1) is 14.3. The van der Waals surface area contributed by atoms with Crippen molar-refractivity contribution < 1.29 is 23.9 Å². The predicted octanol–water partition coefficient (Wildman–Crippen LogP) is 4.08. The van der Waals surface area contributed by atoms with E-state index in [0.717, 1.165) is 16.7 Å². The van der Waals surface area contributed by atoms with Gasteiger partial charge in [-0.1, -0.05) is 29.8 Å². The minimum absolute atomic E-state index is 0.108. The number of ether oxygens (including phenoxy) is 2. The molecule has 0 aliphatic carbocycles. The fourth-order valence-electron chi connectivity index (χ4n) is 2.53. The van der Waals surface area contributed by atoms with Gasteiger partial charge < -0.3 is 15.2 Å². The van der Waals surface area contributed by atoms with E-state index in [2.05, 4.69) is 15.9 Å². The number of primary amides is 1. The summed E-state index contributed by atoms with van der Waals surface area (Å²) in [6.07, 6.45) is 1.61. The van der Waals surface area contributed by atoms with E-state index in [1.54, 1.807) is 48.5 Å². The van der Waals surface area contributed by atoms with E-state index in [9.17, 15) is 14.4 Å².